The molecule has 0 amide bonds. The fourth-order valence-corrected chi connectivity index (χ4v) is 4.66. The van der Waals surface area contributed by atoms with Gasteiger partial charge >= 0.3 is 0 Å². The summed E-state index contributed by atoms with van der Waals surface area (Å²) in [5.41, 5.74) is 5.32. The normalized spacial score (nSPS) is 18.6. The van der Waals surface area contributed by atoms with Gasteiger partial charge in [0.25, 0.3) is 0 Å². The van der Waals surface area contributed by atoms with Crippen molar-refractivity contribution in [2.45, 2.75) is 24.9 Å². The summed E-state index contributed by atoms with van der Waals surface area (Å²) >= 11 is 1.66. The lowest BCUT2D eigenvalue weighted by atomic mass is 9.77. The van der Waals surface area contributed by atoms with Crippen LogP contribution in [0.3, 0.4) is 0 Å². The van der Waals surface area contributed by atoms with Crippen molar-refractivity contribution >= 4 is 11.3 Å². The summed E-state index contributed by atoms with van der Waals surface area (Å²) in [4.78, 5) is 14.3. The third-order valence-corrected chi connectivity index (χ3v) is 6.47. The Bertz CT molecular complexity index is 1080. The molecule has 0 radical (unpaired) electrons. The molecule has 5 heteroatoms. The average molecular weight is 385 g/mol. The van der Waals surface area contributed by atoms with Gasteiger partial charge in [0.05, 0.1) is 16.7 Å². The zero-order chi connectivity index (χ0) is 18.9. The smallest absolute Gasteiger partial charge is 0.127 e. The number of rotatable bonds is 4. The summed E-state index contributed by atoms with van der Waals surface area (Å²) in [5, 5.41) is 10.9. The summed E-state index contributed by atoms with van der Waals surface area (Å²) in [6.45, 7) is 0. The Morgan fingerprint density at radius 1 is 0.821 bits per heavy atom. The van der Waals surface area contributed by atoms with E-state index in [2.05, 4.69) is 46.4 Å². The molecule has 28 heavy (non-hydrogen) atoms. The molecule has 1 fully saturated rings. The van der Waals surface area contributed by atoms with Crippen LogP contribution in [0, 0.1) is 0 Å². The molecular formula is C23H19N3OS. The first kappa shape index (κ1) is 17.2. The minimum atomic E-state index is -0.199. The molecule has 4 nitrogen and oxygen atoms in total. The van der Waals surface area contributed by atoms with Crippen LogP contribution in [0.1, 0.15) is 24.3 Å². The molecule has 2 aromatic carbocycles. The van der Waals surface area contributed by atoms with E-state index in [9.17, 15) is 5.11 Å². The second kappa shape index (κ2) is 7.26. The summed E-state index contributed by atoms with van der Waals surface area (Å²) in [6.07, 6.45) is 6.89. The Labute approximate surface area is 167 Å². The number of hydrogen-bond donors (Lipinski definition) is 1. The van der Waals surface area contributed by atoms with Crippen LogP contribution in [0.5, 0.6) is 0 Å². The largest absolute Gasteiger partial charge is 0.392 e. The highest BCUT2D eigenvalue weighted by atomic mass is 32.1. The number of nitrogens with zero attached hydrogens (tertiary/aromatic N) is 3. The van der Waals surface area contributed by atoms with E-state index >= 15 is 0 Å². The number of benzene rings is 2. The zero-order valence-corrected chi connectivity index (χ0v) is 16.0. The lowest BCUT2D eigenvalue weighted by molar-refractivity contribution is 0.0661. The molecule has 1 N–H and O–H groups in total. The van der Waals surface area contributed by atoms with Gasteiger partial charge in [0.2, 0.25) is 0 Å². The third-order valence-electron chi connectivity index (χ3n) is 5.32. The van der Waals surface area contributed by atoms with E-state index in [0.717, 1.165) is 45.1 Å². The molecule has 0 bridgehead atoms. The fraction of sp³-hybridized carbons (Fsp3) is 0.174. The van der Waals surface area contributed by atoms with Gasteiger partial charge in [-0.25, -0.2) is 15.0 Å². The lowest BCUT2D eigenvalue weighted by Gasteiger charge is -2.32. The zero-order valence-electron chi connectivity index (χ0n) is 15.2. The number of thiazole rings is 1. The van der Waals surface area contributed by atoms with E-state index in [1.165, 1.54) is 11.9 Å². The maximum Gasteiger partial charge on any atom is 0.127 e. The second-order valence-corrected chi connectivity index (χ2v) is 8.06. The molecule has 0 saturated heterocycles. The summed E-state index contributed by atoms with van der Waals surface area (Å²) in [6, 6.07) is 18.8. The van der Waals surface area contributed by atoms with Crippen LogP contribution in [0.25, 0.3) is 32.3 Å². The van der Waals surface area contributed by atoms with E-state index < -0.39 is 0 Å². The molecule has 138 valence electrons. The molecule has 2 unspecified atom stereocenters. The first-order valence-corrected chi connectivity index (χ1v) is 10.2. The van der Waals surface area contributed by atoms with Gasteiger partial charge in [0.1, 0.15) is 11.3 Å². The summed E-state index contributed by atoms with van der Waals surface area (Å²) < 4.78 is 0. The summed E-state index contributed by atoms with van der Waals surface area (Å²) in [5.74, 6) is 0.273. The average Bonchev–Trinajstić information content (AvgIpc) is 3.20. The molecule has 0 aliphatic heterocycles. The van der Waals surface area contributed by atoms with Crippen molar-refractivity contribution in [2.24, 2.45) is 0 Å². The van der Waals surface area contributed by atoms with Crippen molar-refractivity contribution in [3.63, 3.8) is 0 Å². The van der Waals surface area contributed by atoms with Crippen molar-refractivity contribution in [3.05, 3.63) is 78.9 Å². The van der Waals surface area contributed by atoms with Crippen molar-refractivity contribution in [3.8, 4) is 32.3 Å². The van der Waals surface area contributed by atoms with E-state index in [1.807, 2.05) is 18.2 Å². The maximum atomic E-state index is 9.95. The van der Waals surface area contributed by atoms with E-state index in [-0.39, 0.29) is 12.0 Å². The minimum absolute atomic E-state index is 0.199. The predicted molar refractivity (Wildman–Crippen MR) is 112 cm³/mol. The topological polar surface area (TPSA) is 58.9 Å². The Hall–Kier alpha value is -2.89. The van der Waals surface area contributed by atoms with Crippen LogP contribution < -0.4 is 0 Å². The van der Waals surface area contributed by atoms with Crippen LogP contribution in [0.15, 0.2) is 73.3 Å². The quantitative estimate of drug-likeness (QED) is 0.526. The SMILES string of the molecule is OC1CCC1c1ccc(-c2nc(-c3cncnc3)sc2-c2ccccc2)cc1. The Morgan fingerprint density at radius 2 is 1.57 bits per heavy atom. The molecule has 1 aliphatic rings. The Kier molecular flexibility index (Phi) is 4.47. The van der Waals surface area contributed by atoms with Crippen LogP contribution >= 0.6 is 11.3 Å². The lowest BCUT2D eigenvalue weighted by Crippen LogP contribution is -2.28. The predicted octanol–water partition coefficient (Wildman–Crippen LogP) is 5.17. The van der Waals surface area contributed by atoms with Crippen LogP contribution in [-0.2, 0) is 0 Å². The molecule has 4 aromatic rings. The van der Waals surface area contributed by atoms with Crippen LogP contribution in [0.2, 0.25) is 0 Å². The van der Waals surface area contributed by atoms with Crippen molar-refractivity contribution in [1.82, 2.24) is 15.0 Å². The number of hydrogen-bond acceptors (Lipinski definition) is 5. The molecule has 1 saturated carbocycles. The highest BCUT2D eigenvalue weighted by Crippen LogP contribution is 2.41. The van der Waals surface area contributed by atoms with Gasteiger partial charge in [0, 0.05) is 29.4 Å². The molecule has 0 spiro atoms. The third kappa shape index (κ3) is 3.13. The molecule has 5 rings (SSSR count). The van der Waals surface area contributed by atoms with Crippen molar-refractivity contribution in [2.75, 3.05) is 0 Å². The highest BCUT2D eigenvalue weighted by Gasteiger charge is 2.30. The molecular weight excluding hydrogens is 366 g/mol. The molecule has 2 heterocycles. The first-order valence-electron chi connectivity index (χ1n) is 9.39. The van der Waals surface area contributed by atoms with E-state index in [0.29, 0.717) is 0 Å². The summed E-state index contributed by atoms with van der Waals surface area (Å²) in [7, 11) is 0. The molecule has 2 aromatic heterocycles. The Morgan fingerprint density at radius 3 is 2.21 bits per heavy atom. The van der Waals surface area contributed by atoms with Gasteiger partial charge in [-0.1, -0.05) is 54.6 Å². The van der Waals surface area contributed by atoms with Gasteiger partial charge in [0.15, 0.2) is 0 Å². The van der Waals surface area contributed by atoms with Crippen LogP contribution in [-0.4, -0.2) is 26.2 Å². The standard InChI is InChI=1S/C23H19N3OS/c27-20-11-10-19(20)15-6-8-16(9-7-15)21-22(17-4-2-1-3-5-17)28-23(26-21)18-12-24-14-25-13-18/h1-9,12-14,19-20,27H,10-11H2. The van der Waals surface area contributed by atoms with E-state index in [4.69, 9.17) is 4.98 Å². The first-order chi connectivity index (χ1) is 13.8. The van der Waals surface area contributed by atoms with Gasteiger partial charge in [-0.05, 0) is 24.0 Å². The fourth-order valence-electron chi connectivity index (χ4n) is 3.59. The number of aliphatic hydroxyl groups is 1. The molecule has 1 aliphatic carbocycles. The number of aliphatic hydroxyl groups excluding tert-OH is 1. The van der Waals surface area contributed by atoms with E-state index in [1.54, 1.807) is 23.7 Å². The second-order valence-electron chi connectivity index (χ2n) is 7.06. The van der Waals surface area contributed by atoms with Crippen LogP contribution in [0.4, 0.5) is 0 Å². The highest BCUT2D eigenvalue weighted by molar-refractivity contribution is 7.19. The van der Waals surface area contributed by atoms with Gasteiger partial charge in [-0.2, -0.15) is 0 Å². The minimum Gasteiger partial charge on any atom is -0.392 e. The molecule has 2 atom stereocenters. The Balaban J connectivity index is 1.58. The van der Waals surface area contributed by atoms with Gasteiger partial charge < -0.3 is 5.11 Å². The maximum absolute atomic E-state index is 9.95. The van der Waals surface area contributed by atoms with Gasteiger partial charge in [-0.3, -0.25) is 0 Å². The van der Waals surface area contributed by atoms with Crippen molar-refractivity contribution in [1.29, 1.82) is 0 Å². The monoisotopic (exact) mass is 385 g/mol. The number of aromatic nitrogens is 3. The van der Waals surface area contributed by atoms with Gasteiger partial charge in [-0.15, -0.1) is 11.3 Å². The van der Waals surface area contributed by atoms with Crippen molar-refractivity contribution < 1.29 is 5.11 Å².